The monoisotopic (exact) mass is 284 g/mol. The van der Waals surface area contributed by atoms with E-state index in [1.54, 1.807) is 0 Å². The smallest absolute Gasteiger partial charge is 0.103 e. The first-order chi connectivity index (χ1) is 8.70. The second kappa shape index (κ2) is 6.92. The molecular weight excluding hydrogens is 260 g/mol. The Bertz CT molecular complexity index is 370. The van der Waals surface area contributed by atoms with Crippen molar-refractivity contribution < 1.29 is 0 Å². The third kappa shape index (κ3) is 4.25. The minimum Gasteiger partial charge on any atom is -0.312 e. The molecule has 2 rings (SSSR count). The topological polar surface area (TPSA) is 24.9 Å². The van der Waals surface area contributed by atoms with Gasteiger partial charge in [0.05, 0.1) is 5.69 Å². The highest BCUT2D eigenvalue weighted by Crippen LogP contribution is 2.43. The van der Waals surface area contributed by atoms with Crippen LogP contribution in [0.3, 0.4) is 0 Å². The van der Waals surface area contributed by atoms with Gasteiger partial charge < -0.3 is 5.32 Å². The quantitative estimate of drug-likeness (QED) is 0.726. The van der Waals surface area contributed by atoms with Crippen molar-refractivity contribution in [2.45, 2.75) is 63.5 Å². The predicted molar refractivity (Wildman–Crippen MR) is 82.5 cm³/mol. The second-order valence-electron chi connectivity index (χ2n) is 5.23. The van der Waals surface area contributed by atoms with Gasteiger partial charge in [-0.05, 0) is 31.1 Å². The molecule has 0 unspecified atom stereocenters. The summed E-state index contributed by atoms with van der Waals surface area (Å²) in [6.07, 6.45) is 3.90. The maximum absolute atomic E-state index is 4.88. The second-order valence-corrected chi connectivity index (χ2v) is 7.96. The summed E-state index contributed by atoms with van der Waals surface area (Å²) in [7, 11) is 0. The van der Waals surface area contributed by atoms with E-state index in [0.29, 0.717) is 5.25 Å². The Balaban J connectivity index is 1.97. The molecule has 2 nitrogen and oxygen atoms in total. The van der Waals surface area contributed by atoms with Crippen LogP contribution in [0.15, 0.2) is 0 Å². The van der Waals surface area contributed by atoms with Crippen LogP contribution in [0.25, 0.3) is 0 Å². The Labute approximate surface area is 119 Å². The maximum Gasteiger partial charge on any atom is 0.103 e. The van der Waals surface area contributed by atoms with Crippen molar-refractivity contribution in [3.8, 4) is 0 Å². The molecule has 1 N–H and O–H groups in total. The van der Waals surface area contributed by atoms with Crippen molar-refractivity contribution in [3.63, 3.8) is 0 Å². The summed E-state index contributed by atoms with van der Waals surface area (Å²) in [4.78, 5) is 6.37. The van der Waals surface area contributed by atoms with Crippen LogP contribution in [0.1, 0.15) is 61.5 Å². The first-order valence-electron chi connectivity index (χ1n) is 7.01. The maximum atomic E-state index is 4.88. The first-order valence-corrected chi connectivity index (χ1v) is 8.88. The van der Waals surface area contributed by atoms with E-state index < -0.39 is 0 Å². The van der Waals surface area contributed by atoms with Crippen LogP contribution in [0.5, 0.6) is 0 Å². The van der Waals surface area contributed by atoms with E-state index in [1.807, 2.05) is 23.1 Å². The van der Waals surface area contributed by atoms with Crippen molar-refractivity contribution in [3.05, 3.63) is 15.6 Å². The van der Waals surface area contributed by atoms with Crippen LogP contribution >= 0.6 is 23.1 Å². The molecule has 1 heterocycles. The van der Waals surface area contributed by atoms with Gasteiger partial charge in [-0.1, -0.05) is 20.8 Å². The van der Waals surface area contributed by atoms with E-state index in [4.69, 9.17) is 4.98 Å². The highest BCUT2D eigenvalue weighted by Gasteiger charge is 2.29. The summed E-state index contributed by atoms with van der Waals surface area (Å²) in [6.45, 7) is 8.85. The molecule has 0 radical (unpaired) electrons. The molecule has 0 spiro atoms. The third-order valence-corrected chi connectivity index (χ3v) is 5.35. The van der Waals surface area contributed by atoms with Crippen molar-refractivity contribution >= 4 is 23.1 Å². The number of thioether (sulfide) groups is 1. The molecule has 0 bridgehead atoms. The molecule has 1 aliphatic carbocycles. The minimum absolute atomic E-state index is 0.694. The molecule has 0 aliphatic heterocycles. The lowest BCUT2D eigenvalue weighted by atomic mass is 10.2. The summed E-state index contributed by atoms with van der Waals surface area (Å²) in [6, 6.07) is 0. The Morgan fingerprint density at radius 1 is 1.44 bits per heavy atom. The molecular formula is C14H24N2S2. The largest absolute Gasteiger partial charge is 0.312 e. The van der Waals surface area contributed by atoms with E-state index in [9.17, 15) is 0 Å². The number of thiazole rings is 1. The number of nitrogens with zero attached hydrogens (tertiary/aromatic N) is 1. The van der Waals surface area contributed by atoms with E-state index in [-0.39, 0.29) is 0 Å². The third-order valence-electron chi connectivity index (χ3n) is 2.99. The molecule has 0 saturated heterocycles. The lowest BCUT2D eigenvalue weighted by Gasteiger charge is -2.02. The van der Waals surface area contributed by atoms with E-state index in [2.05, 4.69) is 26.1 Å². The fourth-order valence-electron chi connectivity index (χ4n) is 1.89. The average molecular weight is 284 g/mol. The van der Waals surface area contributed by atoms with Crippen LogP contribution in [-0.4, -0.2) is 16.8 Å². The van der Waals surface area contributed by atoms with Crippen LogP contribution in [-0.2, 0) is 12.3 Å². The summed E-state index contributed by atoms with van der Waals surface area (Å²) in [5.41, 5.74) is 1.41. The Morgan fingerprint density at radius 2 is 2.22 bits per heavy atom. The molecule has 1 aliphatic rings. The Hall–Kier alpha value is -0.0600. The fourth-order valence-corrected chi connectivity index (χ4v) is 3.79. The minimum atomic E-state index is 0.694. The zero-order chi connectivity index (χ0) is 13.0. The van der Waals surface area contributed by atoms with Crippen molar-refractivity contribution in [1.82, 2.24) is 10.3 Å². The molecule has 1 aromatic heterocycles. The molecule has 0 amide bonds. The molecule has 102 valence electrons. The lowest BCUT2D eigenvalue weighted by Crippen LogP contribution is -2.13. The van der Waals surface area contributed by atoms with Gasteiger partial charge in [0.2, 0.25) is 0 Å². The van der Waals surface area contributed by atoms with Gasteiger partial charge in [0.15, 0.2) is 0 Å². The summed E-state index contributed by atoms with van der Waals surface area (Å²) >= 11 is 3.92. The number of hydrogen-bond acceptors (Lipinski definition) is 4. The zero-order valence-corrected chi connectivity index (χ0v) is 13.3. The molecule has 1 saturated carbocycles. The van der Waals surface area contributed by atoms with Gasteiger partial charge in [0.25, 0.3) is 0 Å². The van der Waals surface area contributed by atoms with Crippen LogP contribution in [0, 0.1) is 0 Å². The molecule has 1 fully saturated rings. The summed E-state index contributed by atoms with van der Waals surface area (Å²) < 4.78 is 0. The van der Waals surface area contributed by atoms with Gasteiger partial charge in [0, 0.05) is 23.1 Å². The highest BCUT2D eigenvalue weighted by atomic mass is 32.2. The van der Waals surface area contributed by atoms with Gasteiger partial charge in [-0.15, -0.1) is 11.3 Å². The van der Waals surface area contributed by atoms with Crippen molar-refractivity contribution in [2.24, 2.45) is 0 Å². The number of aromatic nitrogens is 1. The van der Waals surface area contributed by atoms with Gasteiger partial charge in [-0.25, -0.2) is 4.98 Å². The SMILES string of the molecule is CCCNCc1sc(CSC(C)C)nc1C1CC1. The van der Waals surface area contributed by atoms with Gasteiger partial charge in [-0.2, -0.15) is 11.8 Å². The molecule has 0 aromatic carbocycles. The normalized spacial score (nSPS) is 15.6. The standard InChI is InChI=1S/C14H24N2S2/c1-4-7-15-8-12-14(11-5-6-11)16-13(18-12)9-17-10(2)3/h10-11,15H,4-9H2,1-3H3. The summed E-state index contributed by atoms with van der Waals surface area (Å²) in [5.74, 6) is 1.85. The molecule has 1 aromatic rings. The molecule has 18 heavy (non-hydrogen) atoms. The first kappa shape index (κ1) is 14.4. The van der Waals surface area contributed by atoms with Crippen LogP contribution in [0.4, 0.5) is 0 Å². The van der Waals surface area contributed by atoms with E-state index in [1.165, 1.54) is 34.8 Å². The fraction of sp³-hybridized carbons (Fsp3) is 0.786. The van der Waals surface area contributed by atoms with Crippen molar-refractivity contribution in [2.75, 3.05) is 6.54 Å². The Morgan fingerprint density at radius 3 is 2.83 bits per heavy atom. The van der Waals surface area contributed by atoms with E-state index >= 15 is 0 Å². The van der Waals surface area contributed by atoms with E-state index in [0.717, 1.165) is 24.8 Å². The average Bonchev–Trinajstić information content (AvgIpc) is 3.09. The summed E-state index contributed by atoms with van der Waals surface area (Å²) in [5, 5.41) is 5.53. The van der Waals surface area contributed by atoms with Crippen molar-refractivity contribution in [1.29, 1.82) is 0 Å². The van der Waals surface area contributed by atoms with Gasteiger partial charge in [0.1, 0.15) is 5.01 Å². The van der Waals surface area contributed by atoms with Gasteiger partial charge in [-0.3, -0.25) is 0 Å². The Kier molecular flexibility index (Phi) is 5.52. The van der Waals surface area contributed by atoms with Crippen LogP contribution < -0.4 is 5.32 Å². The molecule has 0 atom stereocenters. The number of rotatable bonds is 8. The molecule has 4 heteroatoms. The number of hydrogen-bond donors (Lipinski definition) is 1. The van der Waals surface area contributed by atoms with Crippen LogP contribution in [0.2, 0.25) is 0 Å². The highest BCUT2D eigenvalue weighted by molar-refractivity contribution is 7.99. The van der Waals surface area contributed by atoms with Gasteiger partial charge >= 0.3 is 0 Å². The predicted octanol–water partition coefficient (Wildman–Crippen LogP) is 4.16. The number of nitrogens with one attached hydrogen (secondary N) is 1. The lowest BCUT2D eigenvalue weighted by molar-refractivity contribution is 0.676. The zero-order valence-electron chi connectivity index (χ0n) is 11.7.